The number of hydrogen-bond acceptors (Lipinski definition) is 4. The Hall–Kier alpha value is -1.37. The summed E-state index contributed by atoms with van der Waals surface area (Å²) < 4.78 is 5.21. The molecule has 1 aliphatic heterocycles. The average Bonchev–Trinajstić information content (AvgIpc) is 2.78. The van der Waals surface area contributed by atoms with Gasteiger partial charge in [0.2, 0.25) is 5.91 Å². The molecule has 0 saturated heterocycles. The Labute approximate surface area is 120 Å². The highest BCUT2D eigenvalue weighted by atomic mass is 16.5. The fraction of sp³-hybridized carbons (Fsp3) is 0.500. The van der Waals surface area contributed by atoms with Crippen molar-refractivity contribution in [2.45, 2.75) is 19.4 Å². The van der Waals surface area contributed by atoms with Gasteiger partial charge in [0.25, 0.3) is 0 Å². The summed E-state index contributed by atoms with van der Waals surface area (Å²) in [5.74, 6) is 0.0397. The summed E-state index contributed by atoms with van der Waals surface area (Å²) >= 11 is 0. The van der Waals surface area contributed by atoms with Crippen LogP contribution in [-0.2, 0) is 22.5 Å². The molecule has 6 heteroatoms. The fourth-order valence-electron chi connectivity index (χ4n) is 2.33. The zero-order valence-electron chi connectivity index (χ0n) is 12.1. The molecule has 0 radical (unpaired) electrons. The minimum absolute atomic E-state index is 0.0397. The van der Waals surface area contributed by atoms with Crippen LogP contribution in [-0.4, -0.2) is 50.1 Å². The van der Waals surface area contributed by atoms with Gasteiger partial charge in [0.05, 0.1) is 6.61 Å². The van der Waals surface area contributed by atoms with Crippen molar-refractivity contribution in [3.63, 3.8) is 0 Å². The third-order valence-electron chi connectivity index (χ3n) is 3.43. The molecule has 0 aromatic heterocycles. The van der Waals surface area contributed by atoms with E-state index in [9.17, 15) is 9.82 Å². The van der Waals surface area contributed by atoms with Crippen molar-refractivity contribution in [2.75, 3.05) is 27.2 Å². The molecular weight excluding hydrogens is 255 g/mol. The molecule has 1 aromatic carbocycles. The lowest BCUT2D eigenvalue weighted by molar-refractivity contribution is -0.121. The number of aryl methyl sites for hydroxylation is 1. The van der Waals surface area contributed by atoms with E-state index in [-0.39, 0.29) is 5.91 Å². The highest BCUT2D eigenvalue weighted by Gasteiger charge is 2.29. The predicted molar refractivity (Wildman–Crippen MR) is 78.7 cm³/mol. The molecule has 1 heterocycles. The third-order valence-corrected chi connectivity index (χ3v) is 3.43. The van der Waals surface area contributed by atoms with Crippen LogP contribution >= 0.6 is 0 Å². The number of likely N-dealkylation sites (N-methyl/N-ethyl adjacent to an activating group) is 1. The molecule has 2 N–H and O–H groups in total. The number of fused-ring (bicyclic) bond motifs is 1. The summed E-state index contributed by atoms with van der Waals surface area (Å²) in [6, 6.07) is 5.84. The molecule has 1 aromatic rings. The van der Waals surface area contributed by atoms with E-state index < -0.39 is 7.12 Å². The number of rotatable bonds is 6. The zero-order valence-corrected chi connectivity index (χ0v) is 12.1. The normalized spacial score (nSPS) is 13.7. The van der Waals surface area contributed by atoms with Gasteiger partial charge in [0.15, 0.2) is 0 Å². The van der Waals surface area contributed by atoms with Crippen molar-refractivity contribution in [3.05, 3.63) is 29.3 Å². The first-order valence-corrected chi connectivity index (χ1v) is 6.89. The lowest BCUT2D eigenvalue weighted by Crippen LogP contribution is -2.33. The quantitative estimate of drug-likeness (QED) is 0.689. The van der Waals surface area contributed by atoms with Gasteiger partial charge in [0.1, 0.15) is 0 Å². The van der Waals surface area contributed by atoms with E-state index in [1.165, 1.54) is 0 Å². The van der Waals surface area contributed by atoms with Crippen molar-refractivity contribution in [1.29, 1.82) is 0 Å². The molecule has 108 valence electrons. The van der Waals surface area contributed by atoms with Gasteiger partial charge in [-0.25, -0.2) is 0 Å². The number of benzene rings is 1. The summed E-state index contributed by atoms with van der Waals surface area (Å²) in [4.78, 5) is 13.8. The first kappa shape index (κ1) is 15.0. The van der Waals surface area contributed by atoms with Crippen molar-refractivity contribution < 1.29 is 14.5 Å². The van der Waals surface area contributed by atoms with Crippen molar-refractivity contribution in [3.8, 4) is 0 Å². The molecule has 0 saturated carbocycles. The van der Waals surface area contributed by atoms with Gasteiger partial charge in [-0.15, -0.1) is 0 Å². The maximum atomic E-state index is 11.8. The molecule has 0 aliphatic carbocycles. The van der Waals surface area contributed by atoms with Gasteiger partial charge >= 0.3 is 7.12 Å². The van der Waals surface area contributed by atoms with E-state index in [1.54, 1.807) is 0 Å². The molecule has 5 nitrogen and oxygen atoms in total. The largest absolute Gasteiger partial charge is 0.492 e. The summed E-state index contributed by atoms with van der Waals surface area (Å²) in [7, 11) is 3.10. The summed E-state index contributed by atoms with van der Waals surface area (Å²) in [5, 5.41) is 12.7. The number of carbonyl (C=O) groups is 1. The molecule has 0 spiro atoms. The molecule has 0 unspecified atom stereocenters. The van der Waals surface area contributed by atoms with E-state index in [2.05, 4.69) is 5.32 Å². The third kappa shape index (κ3) is 3.82. The average molecular weight is 276 g/mol. The SMILES string of the molecule is CN(C)CCNC(=O)CCc1cccc2c1B(O)OC2. The second kappa shape index (κ2) is 6.88. The van der Waals surface area contributed by atoms with Gasteiger partial charge in [-0.05, 0) is 37.1 Å². The summed E-state index contributed by atoms with van der Waals surface area (Å²) in [5.41, 5.74) is 2.85. The Morgan fingerprint density at radius 1 is 1.50 bits per heavy atom. The number of carbonyl (C=O) groups excluding carboxylic acids is 1. The predicted octanol–water partition coefficient (Wildman–Crippen LogP) is -0.485. The Bertz CT molecular complexity index is 479. The Morgan fingerprint density at radius 3 is 3.05 bits per heavy atom. The van der Waals surface area contributed by atoms with Crippen molar-refractivity contribution in [2.24, 2.45) is 0 Å². The molecule has 0 atom stereocenters. The maximum absolute atomic E-state index is 11.8. The van der Waals surface area contributed by atoms with Crippen molar-refractivity contribution >= 4 is 18.5 Å². The van der Waals surface area contributed by atoms with Gasteiger partial charge < -0.3 is 19.9 Å². The number of nitrogens with one attached hydrogen (secondary N) is 1. The summed E-state index contributed by atoms with van der Waals surface area (Å²) in [6.07, 6.45) is 1.05. The molecule has 20 heavy (non-hydrogen) atoms. The lowest BCUT2D eigenvalue weighted by Gasteiger charge is -2.11. The van der Waals surface area contributed by atoms with E-state index in [0.29, 0.717) is 26.0 Å². The second-order valence-corrected chi connectivity index (χ2v) is 5.31. The first-order chi connectivity index (χ1) is 9.58. The van der Waals surface area contributed by atoms with Gasteiger partial charge in [-0.2, -0.15) is 0 Å². The lowest BCUT2D eigenvalue weighted by atomic mass is 9.75. The first-order valence-electron chi connectivity index (χ1n) is 6.89. The highest BCUT2D eigenvalue weighted by Crippen LogP contribution is 2.13. The maximum Gasteiger partial charge on any atom is 0.492 e. The summed E-state index contributed by atoms with van der Waals surface area (Å²) in [6.45, 7) is 1.93. The van der Waals surface area contributed by atoms with E-state index in [1.807, 2.05) is 37.2 Å². The van der Waals surface area contributed by atoms with Crippen LogP contribution in [0.25, 0.3) is 0 Å². The Morgan fingerprint density at radius 2 is 2.30 bits per heavy atom. The second-order valence-electron chi connectivity index (χ2n) is 5.31. The minimum atomic E-state index is -0.849. The highest BCUT2D eigenvalue weighted by molar-refractivity contribution is 6.62. The molecule has 2 rings (SSSR count). The molecule has 0 bridgehead atoms. The van der Waals surface area contributed by atoms with Gasteiger partial charge in [0, 0.05) is 19.5 Å². The fourth-order valence-corrected chi connectivity index (χ4v) is 2.33. The van der Waals surface area contributed by atoms with Crippen LogP contribution in [0.4, 0.5) is 0 Å². The Balaban J connectivity index is 1.86. The molecule has 0 fully saturated rings. The van der Waals surface area contributed by atoms with E-state index in [4.69, 9.17) is 4.65 Å². The van der Waals surface area contributed by atoms with Crippen LogP contribution in [0.2, 0.25) is 0 Å². The smallest absolute Gasteiger partial charge is 0.423 e. The van der Waals surface area contributed by atoms with E-state index in [0.717, 1.165) is 23.1 Å². The van der Waals surface area contributed by atoms with Crippen LogP contribution in [0.5, 0.6) is 0 Å². The number of nitrogens with zero attached hydrogens (tertiary/aromatic N) is 1. The monoisotopic (exact) mass is 276 g/mol. The molecular formula is C14H21BN2O3. The standard InChI is InChI=1S/C14H21BN2O3/c1-17(2)9-8-16-13(18)7-6-11-4-3-5-12-10-20-15(19)14(11)12/h3-5,19H,6-10H2,1-2H3,(H,16,18). The van der Waals surface area contributed by atoms with Crippen LogP contribution in [0, 0.1) is 0 Å². The van der Waals surface area contributed by atoms with Gasteiger partial charge in [-0.3, -0.25) is 4.79 Å². The number of hydrogen-bond donors (Lipinski definition) is 2. The van der Waals surface area contributed by atoms with Crippen LogP contribution in [0.3, 0.4) is 0 Å². The minimum Gasteiger partial charge on any atom is -0.423 e. The van der Waals surface area contributed by atoms with Crippen LogP contribution in [0.1, 0.15) is 17.5 Å². The molecule has 1 amide bonds. The van der Waals surface area contributed by atoms with Gasteiger partial charge in [-0.1, -0.05) is 18.2 Å². The topological polar surface area (TPSA) is 61.8 Å². The van der Waals surface area contributed by atoms with E-state index >= 15 is 0 Å². The molecule has 1 aliphatic rings. The number of amides is 1. The van der Waals surface area contributed by atoms with Crippen molar-refractivity contribution in [1.82, 2.24) is 10.2 Å². The van der Waals surface area contributed by atoms with Crippen LogP contribution < -0.4 is 10.8 Å². The van der Waals surface area contributed by atoms with Crippen LogP contribution in [0.15, 0.2) is 18.2 Å². The zero-order chi connectivity index (χ0) is 14.5. The Kier molecular flexibility index (Phi) is 5.17.